The molecule has 1 saturated carbocycles. The number of likely N-dealkylation sites (tertiary alicyclic amines) is 1. The van der Waals surface area contributed by atoms with Gasteiger partial charge in [-0.2, -0.15) is 0 Å². The molecular formula is C20H27NO3. The van der Waals surface area contributed by atoms with E-state index in [9.17, 15) is 14.7 Å². The molecule has 1 aliphatic heterocycles. The molecule has 2 aliphatic rings. The third-order valence-electron chi connectivity index (χ3n) is 6.05. The largest absolute Gasteiger partial charge is 0.481 e. The van der Waals surface area contributed by atoms with Crippen LogP contribution in [0.3, 0.4) is 0 Å². The first-order valence-corrected chi connectivity index (χ1v) is 8.83. The van der Waals surface area contributed by atoms with E-state index >= 15 is 0 Å². The van der Waals surface area contributed by atoms with Crippen LogP contribution in [-0.2, 0) is 15.0 Å². The van der Waals surface area contributed by atoms with Crippen molar-refractivity contribution in [2.75, 3.05) is 13.1 Å². The minimum absolute atomic E-state index is 0.0177. The molecule has 2 fully saturated rings. The van der Waals surface area contributed by atoms with Gasteiger partial charge in [-0.25, -0.2) is 0 Å². The average Bonchev–Trinajstić information content (AvgIpc) is 3.17. The summed E-state index contributed by atoms with van der Waals surface area (Å²) in [6.45, 7) is 8.89. The van der Waals surface area contributed by atoms with E-state index in [1.54, 1.807) is 4.90 Å². The number of hydrogen-bond acceptors (Lipinski definition) is 2. The Labute approximate surface area is 143 Å². The van der Waals surface area contributed by atoms with Gasteiger partial charge < -0.3 is 10.0 Å². The van der Waals surface area contributed by atoms with Gasteiger partial charge in [0, 0.05) is 13.1 Å². The first-order valence-electron chi connectivity index (χ1n) is 8.83. The van der Waals surface area contributed by atoms with Crippen LogP contribution in [0, 0.1) is 25.2 Å². The Morgan fingerprint density at radius 1 is 1.08 bits per heavy atom. The fraction of sp³-hybridized carbons (Fsp3) is 0.600. The summed E-state index contributed by atoms with van der Waals surface area (Å²) in [6, 6.07) is 6.34. The minimum atomic E-state index is -0.797. The van der Waals surface area contributed by atoms with Crippen LogP contribution >= 0.6 is 0 Å². The van der Waals surface area contributed by atoms with Gasteiger partial charge in [-0.3, -0.25) is 9.59 Å². The Bertz CT molecular complexity index is 670. The number of carbonyl (C=O) groups excluding carboxylic acids is 1. The third-order valence-corrected chi connectivity index (χ3v) is 6.05. The van der Waals surface area contributed by atoms with Gasteiger partial charge in [-0.05, 0) is 44.6 Å². The molecule has 1 atom stereocenters. The van der Waals surface area contributed by atoms with E-state index in [0.29, 0.717) is 19.5 Å². The number of hydrogen-bond donors (Lipinski definition) is 1. The molecule has 1 aromatic carbocycles. The average molecular weight is 329 g/mol. The maximum absolute atomic E-state index is 13.2. The van der Waals surface area contributed by atoms with Crippen molar-refractivity contribution in [1.29, 1.82) is 0 Å². The van der Waals surface area contributed by atoms with E-state index in [1.165, 1.54) is 11.1 Å². The highest BCUT2D eigenvalue weighted by Crippen LogP contribution is 2.51. The predicted molar refractivity (Wildman–Crippen MR) is 92.9 cm³/mol. The van der Waals surface area contributed by atoms with Gasteiger partial charge in [-0.1, -0.05) is 43.2 Å². The van der Waals surface area contributed by atoms with Gasteiger partial charge in [0.1, 0.15) is 0 Å². The molecule has 1 aliphatic carbocycles. The number of aryl methyl sites for hydroxylation is 2. The summed E-state index contributed by atoms with van der Waals surface area (Å²) in [4.78, 5) is 26.8. The number of nitrogens with zero attached hydrogens (tertiary/aromatic N) is 1. The maximum Gasteiger partial charge on any atom is 0.311 e. The molecule has 0 bridgehead atoms. The number of rotatable bonds is 4. The number of carboxylic acid groups (broad SMARTS) is 1. The molecule has 4 nitrogen and oxygen atoms in total. The van der Waals surface area contributed by atoms with Gasteiger partial charge in [0.05, 0.1) is 10.8 Å². The van der Waals surface area contributed by atoms with Crippen LogP contribution in [0.4, 0.5) is 0 Å². The monoisotopic (exact) mass is 329 g/mol. The maximum atomic E-state index is 13.2. The van der Waals surface area contributed by atoms with Crippen molar-refractivity contribution in [3.05, 3.63) is 34.9 Å². The quantitative estimate of drug-likeness (QED) is 0.922. The molecule has 1 heterocycles. The Kier molecular flexibility index (Phi) is 3.97. The lowest BCUT2D eigenvalue weighted by molar-refractivity contribution is -0.151. The zero-order valence-corrected chi connectivity index (χ0v) is 15.1. The van der Waals surface area contributed by atoms with E-state index in [1.807, 2.05) is 13.8 Å². The Morgan fingerprint density at radius 3 is 2.08 bits per heavy atom. The minimum Gasteiger partial charge on any atom is -0.481 e. The van der Waals surface area contributed by atoms with Crippen LogP contribution in [0.15, 0.2) is 18.2 Å². The van der Waals surface area contributed by atoms with Crippen molar-refractivity contribution >= 4 is 11.9 Å². The molecule has 1 saturated heterocycles. The van der Waals surface area contributed by atoms with Gasteiger partial charge in [0.15, 0.2) is 0 Å². The standard InChI is InChI=1S/C20H27NO3/c1-13(2)20(18(23)24)7-8-21(12-20)17(22)19(5-6-19)16-10-14(3)9-15(4)11-16/h9-11,13H,5-8,12H2,1-4H3,(H,23,24). The second kappa shape index (κ2) is 5.61. The fourth-order valence-corrected chi connectivity index (χ4v) is 4.20. The highest BCUT2D eigenvalue weighted by molar-refractivity contribution is 5.92. The van der Waals surface area contributed by atoms with Crippen molar-refractivity contribution in [3.63, 3.8) is 0 Å². The van der Waals surface area contributed by atoms with Crippen molar-refractivity contribution in [2.24, 2.45) is 11.3 Å². The van der Waals surface area contributed by atoms with Crippen molar-refractivity contribution in [1.82, 2.24) is 4.90 Å². The van der Waals surface area contributed by atoms with E-state index in [0.717, 1.165) is 18.4 Å². The van der Waals surface area contributed by atoms with Crippen LogP contribution in [0.5, 0.6) is 0 Å². The molecule has 1 unspecified atom stereocenters. The summed E-state index contributed by atoms with van der Waals surface area (Å²) in [5, 5.41) is 9.70. The van der Waals surface area contributed by atoms with E-state index in [-0.39, 0.29) is 11.8 Å². The normalized spacial score (nSPS) is 25.1. The lowest BCUT2D eigenvalue weighted by atomic mass is 9.76. The van der Waals surface area contributed by atoms with E-state index in [2.05, 4.69) is 32.0 Å². The smallest absolute Gasteiger partial charge is 0.311 e. The summed E-state index contributed by atoms with van der Waals surface area (Å²) in [5.41, 5.74) is 2.24. The van der Waals surface area contributed by atoms with Crippen molar-refractivity contribution in [2.45, 2.75) is 52.4 Å². The van der Waals surface area contributed by atoms with Crippen LogP contribution in [0.1, 0.15) is 49.8 Å². The summed E-state index contributed by atoms with van der Waals surface area (Å²) in [5.74, 6) is -0.635. The molecule has 1 N–H and O–H groups in total. The Morgan fingerprint density at radius 2 is 1.67 bits per heavy atom. The molecule has 3 rings (SSSR count). The molecule has 130 valence electrons. The molecule has 1 amide bonds. The zero-order chi connectivity index (χ0) is 17.7. The Hall–Kier alpha value is -1.84. The van der Waals surface area contributed by atoms with Gasteiger partial charge in [0.25, 0.3) is 0 Å². The fourth-order valence-electron chi connectivity index (χ4n) is 4.20. The summed E-state index contributed by atoms with van der Waals surface area (Å²) in [6.07, 6.45) is 2.29. The van der Waals surface area contributed by atoms with E-state index < -0.39 is 16.8 Å². The van der Waals surface area contributed by atoms with Crippen molar-refractivity contribution < 1.29 is 14.7 Å². The number of amides is 1. The number of carboxylic acids is 1. The first kappa shape index (κ1) is 17.0. The number of aliphatic carboxylic acids is 1. The van der Waals surface area contributed by atoms with Crippen LogP contribution in [0.2, 0.25) is 0 Å². The number of benzene rings is 1. The molecule has 24 heavy (non-hydrogen) atoms. The molecule has 0 spiro atoms. The highest BCUT2D eigenvalue weighted by Gasteiger charge is 2.57. The zero-order valence-electron chi connectivity index (χ0n) is 15.1. The van der Waals surface area contributed by atoms with Crippen LogP contribution < -0.4 is 0 Å². The SMILES string of the molecule is Cc1cc(C)cc(C2(C(=O)N3CCC(C(=O)O)(C(C)C)C3)CC2)c1. The molecule has 0 radical (unpaired) electrons. The highest BCUT2D eigenvalue weighted by atomic mass is 16.4. The van der Waals surface area contributed by atoms with Crippen molar-refractivity contribution in [3.8, 4) is 0 Å². The molecular weight excluding hydrogens is 302 g/mol. The lowest BCUT2D eigenvalue weighted by Crippen LogP contribution is -2.43. The predicted octanol–water partition coefficient (Wildman–Crippen LogP) is 3.29. The topological polar surface area (TPSA) is 57.6 Å². The first-order chi connectivity index (χ1) is 11.2. The number of carbonyl (C=O) groups is 2. The second-order valence-corrected chi connectivity index (χ2v) is 8.05. The van der Waals surface area contributed by atoms with Gasteiger partial charge >= 0.3 is 5.97 Å². The second-order valence-electron chi connectivity index (χ2n) is 8.05. The lowest BCUT2D eigenvalue weighted by Gasteiger charge is -2.30. The third kappa shape index (κ3) is 2.52. The molecule has 0 aromatic heterocycles. The Balaban J connectivity index is 1.86. The van der Waals surface area contributed by atoms with Gasteiger partial charge in [0.2, 0.25) is 5.91 Å². The summed E-state index contributed by atoms with van der Waals surface area (Å²) in [7, 11) is 0. The van der Waals surface area contributed by atoms with Gasteiger partial charge in [-0.15, -0.1) is 0 Å². The summed E-state index contributed by atoms with van der Waals surface area (Å²) >= 11 is 0. The summed E-state index contributed by atoms with van der Waals surface area (Å²) < 4.78 is 0. The molecule has 1 aromatic rings. The van der Waals surface area contributed by atoms with Crippen LogP contribution in [0.25, 0.3) is 0 Å². The van der Waals surface area contributed by atoms with E-state index in [4.69, 9.17) is 0 Å². The van der Waals surface area contributed by atoms with Crippen LogP contribution in [-0.4, -0.2) is 35.0 Å². The molecule has 4 heteroatoms.